The average Bonchev–Trinajstić information content (AvgIpc) is 2.37. The number of amides is 1. The topological polar surface area (TPSA) is 63.5 Å². The predicted octanol–water partition coefficient (Wildman–Crippen LogP) is 3.14. The normalized spacial score (nSPS) is 10.4. The minimum absolute atomic E-state index is 0.342. The number of nitro benzene ring substituents is 1. The summed E-state index contributed by atoms with van der Waals surface area (Å²) in [6.07, 6.45) is 1.26. The first kappa shape index (κ1) is 16.0. The van der Waals surface area contributed by atoms with Gasteiger partial charge in [0.1, 0.15) is 11.4 Å². The molecule has 0 aromatic heterocycles. The van der Waals surface area contributed by atoms with Crippen molar-refractivity contribution in [3.05, 3.63) is 39.4 Å². The van der Waals surface area contributed by atoms with E-state index in [1.54, 1.807) is 0 Å². The molecule has 1 amide bonds. The molecule has 0 aliphatic carbocycles. The van der Waals surface area contributed by atoms with Crippen molar-refractivity contribution in [1.29, 1.82) is 0 Å². The Hall–Kier alpha value is -2.05. The molecule has 0 spiro atoms. The maximum absolute atomic E-state index is 13.9. The van der Waals surface area contributed by atoms with Gasteiger partial charge in [0.15, 0.2) is 0 Å². The average molecular weight is 286 g/mol. The number of hydrogen-bond acceptors (Lipinski definition) is 3. The molecule has 0 atom stereocenters. The minimum Gasteiger partial charge on any atom is -0.338 e. The van der Waals surface area contributed by atoms with Gasteiger partial charge in [-0.15, -0.1) is 0 Å². The standard InChI is InChI=1S/C13H16F2N2O3/c1-3-7-16(8-4-2)13(18)11-9(14)5-6-10(12(11)15)17(19)20/h5-6H,3-4,7-8H2,1-2H3. The van der Waals surface area contributed by atoms with E-state index in [1.807, 2.05) is 13.8 Å². The van der Waals surface area contributed by atoms with Gasteiger partial charge in [-0.3, -0.25) is 14.9 Å². The van der Waals surface area contributed by atoms with Gasteiger partial charge in [0.25, 0.3) is 5.91 Å². The van der Waals surface area contributed by atoms with Crippen LogP contribution in [0.15, 0.2) is 12.1 Å². The van der Waals surface area contributed by atoms with E-state index in [4.69, 9.17) is 0 Å². The monoisotopic (exact) mass is 286 g/mol. The largest absolute Gasteiger partial charge is 0.338 e. The van der Waals surface area contributed by atoms with E-state index in [-0.39, 0.29) is 0 Å². The molecular formula is C13H16F2N2O3. The number of rotatable bonds is 6. The fourth-order valence-corrected chi connectivity index (χ4v) is 1.89. The summed E-state index contributed by atoms with van der Waals surface area (Å²) in [6, 6.07) is 1.45. The SMILES string of the molecule is CCCN(CCC)C(=O)c1c(F)ccc([N+](=O)[O-])c1F. The van der Waals surface area contributed by atoms with Crippen molar-refractivity contribution in [3.8, 4) is 0 Å². The third-order valence-electron chi connectivity index (χ3n) is 2.76. The van der Waals surface area contributed by atoms with Crippen LogP contribution in [0, 0.1) is 21.7 Å². The summed E-state index contributed by atoms with van der Waals surface area (Å²) in [4.78, 5) is 23.1. The number of hydrogen-bond donors (Lipinski definition) is 0. The Labute approximate surface area is 115 Å². The Morgan fingerprint density at radius 2 is 1.80 bits per heavy atom. The molecule has 5 nitrogen and oxygen atoms in total. The summed E-state index contributed by atoms with van der Waals surface area (Å²) in [5, 5.41) is 10.6. The fraction of sp³-hybridized carbons (Fsp3) is 0.462. The lowest BCUT2D eigenvalue weighted by Crippen LogP contribution is -2.33. The Morgan fingerprint density at radius 3 is 2.25 bits per heavy atom. The van der Waals surface area contributed by atoms with Crippen LogP contribution in [0.5, 0.6) is 0 Å². The molecule has 0 unspecified atom stereocenters. The van der Waals surface area contributed by atoms with Gasteiger partial charge in [-0.1, -0.05) is 13.8 Å². The van der Waals surface area contributed by atoms with Crippen LogP contribution in [0.4, 0.5) is 14.5 Å². The first-order chi connectivity index (χ1) is 9.43. The van der Waals surface area contributed by atoms with Crippen LogP contribution < -0.4 is 0 Å². The summed E-state index contributed by atoms with van der Waals surface area (Å²) >= 11 is 0. The molecule has 110 valence electrons. The van der Waals surface area contributed by atoms with Gasteiger partial charge in [0, 0.05) is 19.2 Å². The van der Waals surface area contributed by atoms with Gasteiger partial charge >= 0.3 is 5.69 Å². The Bertz CT molecular complexity index is 515. The predicted molar refractivity (Wildman–Crippen MR) is 69.5 cm³/mol. The van der Waals surface area contributed by atoms with Crippen LogP contribution in [0.2, 0.25) is 0 Å². The first-order valence-electron chi connectivity index (χ1n) is 6.35. The molecule has 0 aliphatic heterocycles. The Balaban J connectivity index is 3.26. The molecule has 0 heterocycles. The molecule has 7 heteroatoms. The number of benzene rings is 1. The smallest absolute Gasteiger partial charge is 0.305 e. The van der Waals surface area contributed by atoms with Crippen molar-refractivity contribution in [3.63, 3.8) is 0 Å². The zero-order chi connectivity index (χ0) is 15.3. The van der Waals surface area contributed by atoms with Gasteiger partial charge in [-0.2, -0.15) is 4.39 Å². The van der Waals surface area contributed by atoms with E-state index in [9.17, 15) is 23.7 Å². The maximum Gasteiger partial charge on any atom is 0.305 e. The van der Waals surface area contributed by atoms with E-state index < -0.39 is 33.7 Å². The number of nitrogens with zero attached hydrogens (tertiary/aromatic N) is 2. The van der Waals surface area contributed by atoms with Crippen LogP contribution >= 0.6 is 0 Å². The van der Waals surface area contributed by atoms with Crippen LogP contribution in [0.25, 0.3) is 0 Å². The van der Waals surface area contributed by atoms with Crippen LogP contribution in [-0.2, 0) is 0 Å². The van der Waals surface area contributed by atoms with Gasteiger partial charge in [-0.05, 0) is 18.9 Å². The number of nitro groups is 1. The highest BCUT2D eigenvalue weighted by Crippen LogP contribution is 2.24. The molecule has 1 aromatic carbocycles. The first-order valence-corrected chi connectivity index (χ1v) is 6.35. The second-order valence-corrected chi connectivity index (χ2v) is 4.30. The highest BCUT2D eigenvalue weighted by atomic mass is 19.1. The third-order valence-corrected chi connectivity index (χ3v) is 2.76. The van der Waals surface area contributed by atoms with Crippen molar-refractivity contribution in [2.24, 2.45) is 0 Å². The van der Waals surface area contributed by atoms with Crippen LogP contribution in [-0.4, -0.2) is 28.8 Å². The third kappa shape index (κ3) is 3.28. The molecule has 0 bridgehead atoms. The van der Waals surface area contributed by atoms with Crippen molar-refractivity contribution in [1.82, 2.24) is 4.90 Å². The second kappa shape index (κ2) is 6.93. The van der Waals surface area contributed by atoms with Gasteiger partial charge in [-0.25, -0.2) is 4.39 Å². The zero-order valence-corrected chi connectivity index (χ0v) is 11.4. The number of carbonyl (C=O) groups excluding carboxylic acids is 1. The van der Waals surface area contributed by atoms with E-state index in [0.717, 1.165) is 6.07 Å². The van der Waals surface area contributed by atoms with Gasteiger partial charge in [0.05, 0.1) is 4.92 Å². The van der Waals surface area contributed by atoms with Gasteiger partial charge < -0.3 is 4.90 Å². The molecule has 0 N–H and O–H groups in total. The molecule has 1 rings (SSSR count). The lowest BCUT2D eigenvalue weighted by molar-refractivity contribution is -0.387. The molecule has 1 aromatic rings. The number of carbonyl (C=O) groups is 1. The van der Waals surface area contributed by atoms with E-state index >= 15 is 0 Å². The Morgan fingerprint density at radius 1 is 1.25 bits per heavy atom. The van der Waals surface area contributed by atoms with Crippen LogP contribution in [0.1, 0.15) is 37.0 Å². The van der Waals surface area contributed by atoms with Crippen molar-refractivity contribution in [2.45, 2.75) is 26.7 Å². The highest BCUT2D eigenvalue weighted by Gasteiger charge is 2.28. The van der Waals surface area contributed by atoms with Crippen molar-refractivity contribution >= 4 is 11.6 Å². The van der Waals surface area contributed by atoms with E-state index in [1.165, 1.54) is 4.90 Å². The summed E-state index contributed by atoms with van der Waals surface area (Å²) < 4.78 is 27.6. The van der Waals surface area contributed by atoms with Crippen molar-refractivity contribution in [2.75, 3.05) is 13.1 Å². The second-order valence-electron chi connectivity index (χ2n) is 4.30. The summed E-state index contributed by atoms with van der Waals surface area (Å²) in [6.45, 7) is 4.34. The maximum atomic E-state index is 13.9. The summed E-state index contributed by atoms with van der Waals surface area (Å²) in [5.41, 5.74) is -1.76. The molecule has 0 radical (unpaired) electrons. The molecular weight excluding hydrogens is 270 g/mol. The van der Waals surface area contributed by atoms with E-state index in [2.05, 4.69) is 0 Å². The summed E-state index contributed by atoms with van der Waals surface area (Å²) in [7, 11) is 0. The van der Waals surface area contributed by atoms with E-state index in [0.29, 0.717) is 32.0 Å². The molecule has 0 saturated carbocycles. The molecule has 0 fully saturated rings. The van der Waals surface area contributed by atoms with Crippen LogP contribution in [0.3, 0.4) is 0 Å². The lowest BCUT2D eigenvalue weighted by Gasteiger charge is -2.21. The molecule has 0 saturated heterocycles. The Kier molecular flexibility index (Phi) is 5.54. The minimum atomic E-state index is -1.42. The highest BCUT2D eigenvalue weighted by molar-refractivity contribution is 5.95. The molecule has 20 heavy (non-hydrogen) atoms. The zero-order valence-electron chi connectivity index (χ0n) is 11.4. The number of halogens is 2. The van der Waals surface area contributed by atoms with Gasteiger partial charge in [0.2, 0.25) is 5.82 Å². The fourth-order valence-electron chi connectivity index (χ4n) is 1.89. The lowest BCUT2D eigenvalue weighted by atomic mass is 10.1. The van der Waals surface area contributed by atoms with Crippen molar-refractivity contribution < 1.29 is 18.5 Å². The molecule has 0 aliphatic rings. The quantitative estimate of drug-likeness (QED) is 0.596. The summed E-state index contributed by atoms with van der Waals surface area (Å²) in [5.74, 6) is -3.36.